The molecule has 0 saturated carbocycles. The Morgan fingerprint density at radius 3 is 2.61 bits per heavy atom. The number of nitrogens with zero attached hydrogens (tertiary/aromatic N) is 6. The van der Waals surface area contributed by atoms with E-state index in [1.807, 2.05) is 35.1 Å². The lowest BCUT2D eigenvalue weighted by atomic mass is 10.2. The minimum absolute atomic E-state index is 0.303. The van der Waals surface area contributed by atoms with Crippen molar-refractivity contribution in [3.8, 4) is 22.8 Å². The van der Waals surface area contributed by atoms with Crippen molar-refractivity contribution in [1.29, 1.82) is 0 Å². The van der Waals surface area contributed by atoms with E-state index in [0.717, 1.165) is 55.2 Å². The SMILES string of the molecule is COc1cc(N2CCCN(C)CC2)c(N)cc1Nc1cc(-n2c(SC)nnc2-c2ccc(F)cc2)ccn1. The number of nitrogen functional groups attached to an aromatic ring is 1. The van der Waals surface area contributed by atoms with E-state index in [1.54, 1.807) is 25.4 Å². The van der Waals surface area contributed by atoms with Gasteiger partial charge in [0.25, 0.3) is 0 Å². The number of hydrogen-bond acceptors (Lipinski definition) is 9. The summed E-state index contributed by atoms with van der Waals surface area (Å²) in [4.78, 5) is 9.17. The topological polar surface area (TPSA) is 97.4 Å². The highest BCUT2D eigenvalue weighted by molar-refractivity contribution is 7.98. The first-order valence-electron chi connectivity index (χ1n) is 12.4. The van der Waals surface area contributed by atoms with Gasteiger partial charge in [-0.05, 0) is 62.7 Å². The molecule has 0 radical (unpaired) electrons. The number of halogens is 1. The molecule has 3 heterocycles. The van der Waals surface area contributed by atoms with E-state index in [4.69, 9.17) is 10.5 Å². The average molecular weight is 535 g/mol. The van der Waals surface area contributed by atoms with Gasteiger partial charge >= 0.3 is 0 Å². The van der Waals surface area contributed by atoms with E-state index in [-0.39, 0.29) is 5.82 Å². The quantitative estimate of drug-likeness (QED) is 0.259. The van der Waals surface area contributed by atoms with Crippen LogP contribution in [0.1, 0.15) is 6.42 Å². The molecule has 0 unspecified atom stereocenters. The zero-order valence-corrected chi connectivity index (χ0v) is 22.5. The van der Waals surface area contributed by atoms with Crippen LogP contribution in [0.25, 0.3) is 17.1 Å². The second kappa shape index (κ2) is 11.3. The van der Waals surface area contributed by atoms with Crippen molar-refractivity contribution >= 4 is 34.6 Å². The summed E-state index contributed by atoms with van der Waals surface area (Å²) < 4.78 is 21.2. The van der Waals surface area contributed by atoms with E-state index in [2.05, 4.69) is 37.3 Å². The molecule has 0 atom stereocenters. The molecule has 198 valence electrons. The Labute approximate surface area is 225 Å². The van der Waals surface area contributed by atoms with Gasteiger partial charge in [0.05, 0.1) is 29.9 Å². The fraction of sp³-hybridized carbons (Fsp3) is 0.296. The molecule has 0 aliphatic carbocycles. The number of ether oxygens (including phenoxy) is 1. The summed E-state index contributed by atoms with van der Waals surface area (Å²) in [7, 11) is 3.80. The lowest BCUT2D eigenvalue weighted by Crippen LogP contribution is -2.29. The monoisotopic (exact) mass is 534 g/mol. The van der Waals surface area contributed by atoms with Gasteiger partial charge in [0.15, 0.2) is 11.0 Å². The van der Waals surface area contributed by atoms with Gasteiger partial charge in [0, 0.05) is 43.5 Å². The normalized spacial score (nSPS) is 14.4. The molecule has 1 fully saturated rings. The molecule has 11 heteroatoms. The molecule has 3 N–H and O–H groups in total. The number of nitrogens with one attached hydrogen (secondary N) is 1. The molecule has 0 amide bonds. The van der Waals surface area contributed by atoms with Crippen molar-refractivity contribution in [2.24, 2.45) is 0 Å². The van der Waals surface area contributed by atoms with Crippen molar-refractivity contribution in [3.63, 3.8) is 0 Å². The second-order valence-corrected chi connectivity index (χ2v) is 9.91. The molecule has 38 heavy (non-hydrogen) atoms. The van der Waals surface area contributed by atoms with Crippen molar-refractivity contribution in [2.75, 3.05) is 62.5 Å². The molecule has 9 nitrogen and oxygen atoms in total. The number of hydrogen-bond donors (Lipinski definition) is 2. The van der Waals surface area contributed by atoms with Gasteiger partial charge in [0.2, 0.25) is 0 Å². The second-order valence-electron chi connectivity index (χ2n) is 9.13. The first kappa shape index (κ1) is 25.8. The van der Waals surface area contributed by atoms with Crippen LogP contribution < -0.4 is 20.7 Å². The Balaban J connectivity index is 1.46. The summed E-state index contributed by atoms with van der Waals surface area (Å²) in [5, 5.41) is 12.8. The van der Waals surface area contributed by atoms with Crippen molar-refractivity contribution in [1.82, 2.24) is 24.6 Å². The molecule has 2 aromatic heterocycles. The third-order valence-electron chi connectivity index (χ3n) is 6.59. The summed E-state index contributed by atoms with van der Waals surface area (Å²) in [5.74, 6) is 1.60. The third kappa shape index (κ3) is 5.39. The summed E-state index contributed by atoms with van der Waals surface area (Å²) in [6.07, 6.45) is 4.73. The molecular formula is C27H31FN8OS. The summed E-state index contributed by atoms with van der Waals surface area (Å²) in [6.45, 7) is 3.91. The lowest BCUT2D eigenvalue weighted by molar-refractivity contribution is 0.360. The zero-order chi connectivity index (χ0) is 26.6. The fourth-order valence-electron chi connectivity index (χ4n) is 4.60. The van der Waals surface area contributed by atoms with Gasteiger partial charge in [0.1, 0.15) is 17.4 Å². The van der Waals surface area contributed by atoms with Gasteiger partial charge < -0.3 is 25.6 Å². The van der Waals surface area contributed by atoms with Crippen LogP contribution in [0.4, 0.5) is 27.3 Å². The van der Waals surface area contributed by atoms with Crippen LogP contribution in [0.3, 0.4) is 0 Å². The molecular weight excluding hydrogens is 503 g/mol. The van der Waals surface area contributed by atoms with Crippen LogP contribution >= 0.6 is 11.8 Å². The van der Waals surface area contributed by atoms with Crippen LogP contribution in [0.5, 0.6) is 5.75 Å². The molecule has 5 rings (SSSR count). The third-order valence-corrected chi connectivity index (χ3v) is 7.22. The zero-order valence-electron chi connectivity index (χ0n) is 21.7. The Hall–Kier alpha value is -3.83. The molecule has 4 aromatic rings. The highest BCUT2D eigenvalue weighted by Crippen LogP contribution is 2.37. The highest BCUT2D eigenvalue weighted by atomic mass is 32.2. The van der Waals surface area contributed by atoms with E-state index >= 15 is 0 Å². The molecule has 0 spiro atoms. The summed E-state index contributed by atoms with van der Waals surface area (Å²) >= 11 is 1.47. The number of pyridine rings is 1. The number of likely N-dealkylation sites (N-methyl/N-ethyl adjacent to an activating group) is 1. The standard InChI is InChI=1S/C27H31FN8OS/c1-34-11-4-12-35(14-13-34)23-17-24(37-2)22(16-21(23)29)31-25-15-20(9-10-30-25)36-26(32-33-27(36)38-3)18-5-7-19(28)8-6-18/h5-10,15-17H,4,11-14,29H2,1-3H3,(H,30,31). The first-order valence-corrected chi connectivity index (χ1v) is 13.6. The Morgan fingerprint density at radius 2 is 1.84 bits per heavy atom. The number of benzene rings is 2. The van der Waals surface area contributed by atoms with Crippen LogP contribution in [0, 0.1) is 5.82 Å². The maximum absolute atomic E-state index is 13.5. The molecule has 2 aromatic carbocycles. The number of anilines is 4. The maximum atomic E-state index is 13.5. The van der Waals surface area contributed by atoms with Gasteiger partial charge in [-0.1, -0.05) is 11.8 Å². The van der Waals surface area contributed by atoms with Gasteiger partial charge in [-0.15, -0.1) is 10.2 Å². The van der Waals surface area contributed by atoms with E-state index in [9.17, 15) is 4.39 Å². The Kier molecular flexibility index (Phi) is 7.66. The first-order chi connectivity index (χ1) is 18.5. The van der Waals surface area contributed by atoms with Crippen molar-refractivity contribution in [2.45, 2.75) is 11.6 Å². The van der Waals surface area contributed by atoms with Crippen molar-refractivity contribution in [3.05, 3.63) is 60.5 Å². The molecule has 1 aliphatic rings. The number of methoxy groups -OCH3 is 1. The van der Waals surface area contributed by atoms with Crippen LogP contribution in [0.2, 0.25) is 0 Å². The van der Waals surface area contributed by atoms with Crippen LogP contribution in [-0.2, 0) is 0 Å². The predicted octanol–water partition coefficient (Wildman–Crippen LogP) is 4.67. The lowest BCUT2D eigenvalue weighted by Gasteiger charge is -2.26. The van der Waals surface area contributed by atoms with Gasteiger partial charge in [-0.3, -0.25) is 4.57 Å². The predicted molar refractivity (Wildman–Crippen MR) is 151 cm³/mol. The minimum Gasteiger partial charge on any atom is -0.494 e. The molecule has 0 bridgehead atoms. The number of nitrogens with two attached hydrogens (primary N) is 1. The van der Waals surface area contributed by atoms with E-state index in [0.29, 0.717) is 28.2 Å². The Morgan fingerprint density at radius 1 is 1.03 bits per heavy atom. The molecule has 1 saturated heterocycles. The fourth-order valence-corrected chi connectivity index (χ4v) is 5.10. The Bertz CT molecular complexity index is 1410. The van der Waals surface area contributed by atoms with Gasteiger partial charge in [-0.25, -0.2) is 9.37 Å². The largest absolute Gasteiger partial charge is 0.494 e. The molecule has 1 aliphatic heterocycles. The van der Waals surface area contributed by atoms with Crippen LogP contribution in [0.15, 0.2) is 59.9 Å². The number of thioether (sulfide) groups is 1. The maximum Gasteiger partial charge on any atom is 0.195 e. The highest BCUT2D eigenvalue weighted by Gasteiger charge is 2.19. The smallest absolute Gasteiger partial charge is 0.195 e. The van der Waals surface area contributed by atoms with Crippen LogP contribution in [-0.4, -0.2) is 71.2 Å². The average Bonchev–Trinajstić information content (AvgIpc) is 3.24. The number of rotatable bonds is 7. The van der Waals surface area contributed by atoms with E-state index in [1.165, 1.54) is 23.9 Å². The van der Waals surface area contributed by atoms with Gasteiger partial charge in [-0.2, -0.15) is 0 Å². The minimum atomic E-state index is -0.303. The number of aromatic nitrogens is 4. The summed E-state index contributed by atoms with van der Waals surface area (Å²) in [6, 6.07) is 13.9. The van der Waals surface area contributed by atoms with E-state index < -0.39 is 0 Å². The summed E-state index contributed by atoms with van der Waals surface area (Å²) in [5.41, 5.74) is 10.5. The van der Waals surface area contributed by atoms with Crippen molar-refractivity contribution < 1.29 is 9.13 Å².